The van der Waals surface area contributed by atoms with Crippen molar-refractivity contribution >= 4 is 22.6 Å². The Hall–Kier alpha value is -3.22. The van der Waals surface area contributed by atoms with E-state index in [0.717, 1.165) is 31.5 Å². The minimum Gasteiger partial charge on any atom is -0.384 e. The lowest BCUT2D eigenvalue weighted by Gasteiger charge is -2.17. The van der Waals surface area contributed by atoms with Crippen LogP contribution < -0.4 is 11.3 Å². The number of nitrogens with two attached hydrogens (primary N) is 1. The average Bonchev–Trinajstić information content (AvgIpc) is 3.18. The van der Waals surface area contributed by atoms with Gasteiger partial charge in [0.25, 0.3) is 5.56 Å². The Bertz CT molecular complexity index is 1040. The molecule has 7 heteroatoms. The van der Waals surface area contributed by atoms with E-state index in [0.29, 0.717) is 35.6 Å². The monoisotopic (exact) mass is 377 g/mol. The molecule has 1 amide bonds. The first-order valence-corrected chi connectivity index (χ1v) is 9.52. The van der Waals surface area contributed by atoms with Gasteiger partial charge in [-0.2, -0.15) is 0 Å². The number of nitrogen functional groups attached to an aromatic ring is 1. The molecule has 0 aliphatic carbocycles. The van der Waals surface area contributed by atoms with E-state index in [1.807, 2.05) is 35.2 Å². The second-order valence-corrected chi connectivity index (χ2v) is 7.30. The summed E-state index contributed by atoms with van der Waals surface area (Å²) in [5.74, 6) is 1.03. The second kappa shape index (κ2) is 7.80. The Labute approximate surface area is 162 Å². The van der Waals surface area contributed by atoms with Gasteiger partial charge in [-0.15, -0.1) is 0 Å². The van der Waals surface area contributed by atoms with Crippen LogP contribution in [0, 0.1) is 5.92 Å². The number of hydrogen-bond acceptors (Lipinski definition) is 5. The summed E-state index contributed by atoms with van der Waals surface area (Å²) in [4.78, 5) is 35.5. The second-order valence-electron chi connectivity index (χ2n) is 7.30. The number of fused-ring (bicyclic) bond motifs is 1. The van der Waals surface area contributed by atoms with Crippen molar-refractivity contribution in [3.8, 4) is 0 Å². The van der Waals surface area contributed by atoms with E-state index in [1.165, 1.54) is 10.9 Å². The Morgan fingerprint density at radius 2 is 2.04 bits per heavy atom. The number of nitrogens with zero attached hydrogens (tertiary/aromatic N) is 4. The Morgan fingerprint density at radius 3 is 2.86 bits per heavy atom. The first kappa shape index (κ1) is 18.2. The SMILES string of the molecule is Nc1ccc(CC2CCN(C(=O)CCn3cnc4ccccc4c3=O)C2)cn1. The highest BCUT2D eigenvalue weighted by atomic mass is 16.2. The fourth-order valence-electron chi connectivity index (χ4n) is 3.76. The number of amides is 1. The molecule has 0 bridgehead atoms. The largest absolute Gasteiger partial charge is 0.384 e. The van der Waals surface area contributed by atoms with Crippen LogP contribution in [0.5, 0.6) is 0 Å². The van der Waals surface area contributed by atoms with E-state index < -0.39 is 0 Å². The van der Waals surface area contributed by atoms with Gasteiger partial charge in [-0.05, 0) is 42.5 Å². The van der Waals surface area contributed by atoms with E-state index in [1.54, 1.807) is 12.3 Å². The topological polar surface area (TPSA) is 94.1 Å². The van der Waals surface area contributed by atoms with Crippen LogP contribution in [0.4, 0.5) is 5.82 Å². The lowest BCUT2D eigenvalue weighted by molar-refractivity contribution is -0.130. The predicted molar refractivity (Wildman–Crippen MR) is 108 cm³/mol. The van der Waals surface area contributed by atoms with E-state index in [-0.39, 0.29) is 11.5 Å². The minimum absolute atomic E-state index is 0.0815. The number of carbonyl (C=O) groups excluding carboxylic acids is 1. The highest BCUT2D eigenvalue weighted by molar-refractivity contribution is 5.77. The summed E-state index contributed by atoms with van der Waals surface area (Å²) in [6.07, 6.45) is 5.51. The van der Waals surface area contributed by atoms with Gasteiger partial charge in [0.1, 0.15) is 5.82 Å². The molecule has 1 aliphatic heterocycles. The molecule has 0 radical (unpaired) electrons. The molecule has 1 saturated heterocycles. The first-order valence-electron chi connectivity index (χ1n) is 9.52. The Kier molecular flexibility index (Phi) is 5.06. The molecule has 0 saturated carbocycles. The smallest absolute Gasteiger partial charge is 0.261 e. The first-order chi connectivity index (χ1) is 13.6. The van der Waals surface area contributed by atoms with E-state index in [2.05, 4.69) is 9.97 Å². The number of para-hydroxylation sites is 1. The average molecular weight is 377 g/mol. The summed E-state index contributed by atoms with van der Waals surface area (Å²) in [7, 11) is 0. The van der Waals surface area contributed by atoms with Crippen LogP contribution in [0.25, 0.3) is 10.9 Å². The number of hydrogen-bond donors (Lipinski definition) is 1. The van der Waals surface area contributed by atoms with Crippen molar-refractivity contribution in [2.24, 2.45) is 5.92 Å². The molecule has 1 atom stereocenters. The highest BCUT2D eigenvalue weighted by Crippen LogP contribution is 2.21. The van der Waals surface area contributed by atoms with Crippen LogP contribution in [0.1, 0.15) is 18.4 Å². The molecule has 2 aromatic heterocycles. The third-order valence-corrected chi connectivity index (χ3v) is 5.31. The molecule has 7 nitrogen and oxygen atoms in total. The zero-order valence-corrected chi connectivity index (χ0v) is 15.6. The molecule has 1 unspecified atom stereocenters. The van der Waals surface area contributed by atoms with Crippen LogP contribution in [-0.4, -0.2) is 38.4 Å². The third kappa shape index (κ3) is 3.88. The number of pyridine rings is 1. The zero-order chi connectivity index (χ0) is 19.5. The molecule has 1 aromatic carbocycles. The van der Waals surface area contributed by atoms with Gasteiger partial charge in [0.05, 0.1) is 17.2 Å². The predicted octanol–water partition coefficient (Wildman–Crippen LogP) is 1.85. The van der Waals surface area contributed by atoms with Crippen molar-refractivity contribution < 1.29 is 4.79 Å². The van der Waals surface area contributed by atoms with Gasteiger partial charge in [-0.3, -0.25) is 14.2 Å². The van der Waals surface area contributed by atoms with Gasteiger partial charge in [0, 0.05) is 32.3 Å². The summed E-state index contributed by atoms with van der Waals surface area (Å²) in [6.45, 7) is 1.85. The quantitative estimate of drug-likeness (QED) is 0.732. The van der Waals surface area contributed by atoms with Crippen LogP contribution in [-0.2, 0) is 17.8 Å². The fraction of sp³-hybridized carbons (Fsp3) is 0.333. The van der Waals surface area contributed by atoms with Crippen molar-refractivity contribution in [3.63, 3.8) is 0 Å². The Morgan fingerprint density at radius 1 is 1.18 bits per heavy atom. The van der Waals surface area contributed by atoms with Crippen molar-refractivity contribution in [1.82, 2.24) is 19.4 Å². The van der Waals surface area contributed by atoms with Gasteiger partial charge >= 0.3 is 0 Å². The summed E-state index contributed by atoms with van der Waals surface area (Å²) < 4.78 is 1.52. The normalized spacial score (nSPS) is 16.6. The molecule has 1 aliphatic rings. The number of aryl methyl sites for hydroxylation is 1. The molecule has 1 fully saturated rings. The van der Waals surface area contributed by atoms with E-state index >= 15 is 0 Å². The van der Waals surface area contributed by atoms with Gasteiger partial charge < -0.3 is 10.6 Å². The van der Waals surface area contributed by atoms with E-state index in [4.69, 9.17) is 5.73 Å². The van der Waals surface area contributed by atoms with Gasteiger partial charge in [-0.25, -0.2) is 9.97 Å². The summed E-state index contributed by atoms with van der Waals surface area (Å²) in [5, 5.41) is 0.579. The highest BCUT2D eigenvalue weighted by Gasteiger charge is 2.26. The maximum Gasteiger partial charge on any atom is 0.261 e. The molecular formula is C21H23N5O2. The Balaban J connectivity index is 1.34. The number of likely N-dealkylation sites (tertiary alicyclic amines) is 1. The van der Waals surface area contributed by atoms with E-state index in [9.17, 15) is 9.59 Å². The third-order valence-electron chi connectivity index (χ3n) is 5.31. The van der Waals surface area contributed by atoms with Crippen LogP contribution in [0.2, 0.25) is 0 Å². The molecule has 144 valence electrons. The van der Waals surface area contributed by atoms with Crippen molar-refractivity contribution in [1.29, 1.82) is 0 Å². The summed E-state index contributed by atoms with van der Waals surface area (Å²) in [6, 6.07) is 11.1. The van der Waals surface area contributed by atoms with Crippen LogP contribution >= 0.6 is 0 Å². The number of anilines is 1. The maximum absolute atomic E-state index is 12.6. The number of rotatable bonds is 5. The summed E-state index contributed by atoms with van der Waals surface area (Å²) >= 11 is 0. The van der Waals surface area contributed by atoms with Gasteiger partial charge in [-0.1, -0.05) is 18.2 Å². The molecule has 3 heterocycles. The van der Waals surface area contributed by atoms with Crippen molar-refractivity contribution in [3.05, 3.63) is 64.8 Å². The summed E-state index contributed by atoms with van der Waals surface area (Å²) in [5.41, 5.74) is 7.34. The fourth-order valence-corrected chi connectivity index (χ4v) is 3.76. The molecular weight excluding hydrogens is 354 g/mol. The minimum atomic E-state index is -0.103. The van der Waals surface area contributed by atoms with Gasteiger partial charge in [0.2, 0.25) is 5.91 Å². The zero-order valence-electron chi connectivity index (χ0n) is 15.6. The number of aromatic nitrogens is 3. The van der Waals surface area contributed by atoms with Crippen LogP contribution in [0.3, 0.4) is 0 Å². The lowest BCUT2D eigenvalue weighted by atomic mass is 10.00. The lowest BCUT2D eigenvalue weighted by Crippen LogP contribution is -2.31. The molecule has 4 rings (SSSR count). The number of benzene rings is 1. The number of carbonyl (C=O) groups is 1. The van der Waals surface area contributed by atoms with Gasteiger partial charge in [0.15, 0.2) is 0 Å². The standard InChI is InChI=1S/C21H23N5O2/c22-19-6-5-15(12-23-19)11-16-7-9-25(13-16)20(27)8-10-26-14-24-18-4-2-1-3-17(18)21(26)28/h1-6,12,14,16H,7-11,13H2,(H2,22,23). The molecule has 28 heavy (non-hydrogen) atoms. The molecule has 0 spiro atoms. The van der Waals surface area contributed by atoms with Crippen molar-refractivity contribution in [2.75, 3.05) is 18.8 Å². The van der Waals surface area contributed by atoms with Crippen LogP contribution in [0.15, 0.2) is 53.7 Å². The molecule has 3 aromatic rings. The van der Waals surface area contributed by atoms with Crippen molar-refractivity contribution in [2.45, 2.75) is 25.8 Å². The molecule has 2 N–H and O–H groups in total. The maximum atomic E-state index is 12.6.